The van der Waals surface area contributed by atoms with E-state index in [1.165, 1.54) is 4.90 Å². The Hall–Kier alpha value is -3.07. The highest BCUT2D eigenvalue weighted by molar-refractivity contribution is 7.18. The van der Waals surface area contributed by atoms with Crippen LogP contribution in [0.2, 0.25) is 0 Å². The number of carboxylic acids is 1. The van der Waals surface area contributed by atoms with Crippen LogP contribution in [-0.4, -0.2) is 28.1 Å². The van der Waals surface area contributed by atoms with Gasteiger partial charge in [-0.25, -0.2) is 13.8 Å². The van der Waals surface area contributed by atoms with Crippen molar-refractivity contribution >= 4 is 39.1 Å². The third-order valence-corrected chi connectivity index (χ3v) is 5.41. The predicted molar refractivity (Wildman–Crippen MR) is 98.6 cm³/mol. The molecule has 144 valence electrons. The van der Waals surface area contributed by atoms with Crippen molar-refractivity contribution in [3.8, 4) is 5.75 Å². The minimum atomic E-state index is -1.19. The highest BCUT2D eigenvalue weighted by Gasteiger charge is 2.36. The third-order valence-electron chi connectivity index (χ3n) is 4.36. The summed E-state index contributed by atoms with van der Waals surface area (Å²) in [4.78, 5) is 29.4. The predicted octanol–water partition coefficient (Wildman–Crippen LogP) is 3.65. The maximum absolute atomic E-state index is 14.0. The highest BCUT2D eigenvalue weighted by Crippen LogP contribution is 2.37. The summed E-state index contributed by atoms with van der Waals surface area (Å²) in [6.45, 7) is 1.79. The number of fused-ring (bicyclic) bond motifs is 2. The normalized spacial score (nSPS) is 16.2. The molecule has 0 aliphatic carbocycles. The molecule has 0 saturated carbocycles. The second-order valence-electron chi connectivity index (χ2n) is 6.41. The van der Waals surface area contributed by atoms with Crippen LogP contribution in [0.3, 0.4) is 0 Å². The van der Waals surface area contributed by atoms with Crippen LogP contribution >= 0.6 is 11.3 Å². The number of nitrogens with zero attached hydrogens (tertiary/aromatic N) is 2. The zero-order valence-electron chi connectivity index (χ0n) is 14.6. The molecule has 2 heterocycles. The van der Waals surface area contributed by atoms with Crippen molar-refractivity contribution < 1.29 is 28.2 Å². The standard InChI is InChI=1S/C19H14F2N2O4S/c1-9-2-5-12-13(6-9)27-14(7-16(24)25)19(26)23(12)8-15-22-17-10(20)3-4-11(21)18(17)28-15/h2-6,14H,7-8H2,1H3,(H,24,25). The summed E-state index contributed by atoms with van der Waals surface area (Å²) in [7, 11) is 0. The zero-order chi connectivity index (χ0) is 20.0. The Bertz CT molecular complexity index is 1080. The topological polar surface area (TPSA) is 79.7 Å². The van der Waals surface area contributed by atoms with E-state index >= 15 is 0 Å². The first-order valence-electron chi connectivity index (χ1n) is 8.37. The van der Waals surface area contributed by atoms with Crippen LogP contribution in [0.4, 0.5) is 14.5 Å². The number of benzene rings is 2. The molecule has 0 fully saturated rings. The number of carboxylic acid groups (broad SMARTS) is 1. The minimum Gasteiger partial charge on any atom is -0.481 e. The van der Waals surface area contributed by atoms with Crippen molar-refractivity contribution in [3.05, 3.63) is 52.5 Å². The van der Waals surface area contributed by atoms with Gasteiger partial charge in [-0.15, -0.1) is 11.3 Å². The second-order valence-corrected chi connectivity index (χ2v) is 7.50. The van der Waals surface area contributed by atoms with Crippen molar-refractivity contribution in [1.82, 2.24) is 4.98 Å². The van der Waals surface area contributed by atoms with Crippen LogP contribution in [0.15, 0.2) is 30.3 Å². The van der Waals surface area contributed by atoms with Gasteiger partial charge in [0.1, 0.15) is 22.1 Å². The number of hydrogen-bond acceptors (Lipinski definition) is 5. The lowest BCUT2D eigenvalue weighted by Crippen LogP contribution is -2.46. The van der Waals surface area contributed by atoms with E-state index in [1.54, 1.807) is 18.2 Å². The van der Waals surface area contributed by atoms with E-state index in [0.717, 1.165) is 29.0 Å². The summed E-state index contributed by atoms with van der Waals surface area (Å²) in [6.07, 6.45) is -1.68. The Morgan fingerprint density at radius 1 is 1.29 bits per heavy atom. The molecule has 28 heavy (non-hydrogen) atoms. The molecule has 1 atom stereocenters. The minimum absolute atomic E-state index is 0.0490. The summed E-state index contributed by atoms with van der Waals surface area (Å²) in [5.41, 5.74) is 1.25. The van der Waals surface area contributed by atoms with Gasteiger partial charge in [-0.1, -0.05) is 6.07 Å². The van der Waals surface area contributed by atoms with Crippen molar-refractivity contribution in [2.45, 2.75) is 26.0 Å². The van der Waals surface area contributed by atoms with Gasteiger partial charge in [-0.3, -0.25) is 14.5 Å². The number of hydrogen-bond donors (Lipinski definition) is 1. The maximum Gasteiger partial charge on any atom is 0.307 e. The number of halogens is 2. The molecule has 0 bridgehead atoms. The van der Waals surface area contributed by atoms with Crippen molar-refractivity contribution in [2.75, 3.05) is 4.90 Å². The molecule has 2 aromatic carbocycles. The fraction of sp³-hybridized carbons (Fsp3) is 0.211. The molecule has 4 rings (SSSR count). The Kier molecular flexibility index (Phi) is 4.46. The first kappa shape index (κ1) is 18.3. The van der Waals surface area contributed by atoms with Crippen LogP contribution in [0, 0.1) is 18.6 Å². The number of aryl methyl sites for hydroxylation is 1. The lowest BCUT2D eigenvalue weighted by atomic mass is 10.1. The first-order valence-corrected chi connectivity index (χ1v) is 9.19. The van der Waals surface area contributed by atoms with Crippen molar-refractivity contribution in [3.63, 3.8) is 0 Å². The third kappa shape index (κ3) is 3.18. The molecular formula is C19H14F2N2O4S. The largest absolute Gasteiger partial charge is 0.481 e. The lowest BCUT2D eigenvalue weighted by Gasteiger charge is -2.33. The number of thiazole rings is 1. The number of amides is 1. The molecule has 6 nitrogen and oxygen atoms in total. The van der Waals surface area contributed by atoms with Gasteiger partial charge in [0.15, 0.2) is 11.9 Å². The van der Waals surface area contributed by atoms with Crippen LogP contribution < -0.4 is 9.64 Å². The number of rotatable bonds is 4. The van der Waals surface area contributed by atoms with E-state index < -0.39 is 36.0 Å². The Morgan fingerprint density at radius 2 is 2.04 bits per heavy atom. The van der Waals surface area contributed by atoms with E-state index in [4.69, 9.17) is 9.84 Å². The fourth-order valence-electron chi connectivity index (χ4n) is 3.08. The van der Waals surface area contributed by atoms with E-state index in [9.17, 15) is 18.4 Å². The Balaban J connectivity index is 1.75. The maximum atomic E-state index is 14.0. The van der Waals surface area contributed by atoms with Crippen molar-refractivity contribution in [1.29, 1.82) is 0 Å². The van der Waals surface area contributed by atoms with Crippen LogP contribution in [0.5, 0.6) is 5.75 Å². The van der Waals surface area contributed by atoms with Crippen LogP contribution in [0.25, 0.3) is 10.2 Å². The number of ether oxygens (including phenoxy) is 1. The molecule has 1 N–H and O–H groups in total. The van der Waals surface area contributed by atoms with Gasteiger partial charge in [0.05, 0.1) is 23.4 Å². The number of aromatic nitrogens is 1. The fourth-order valence-corrected chi connectivity index (χ4v) is 4.05. The molecule has 1 aliphatic heterocycles. The average molecular weight is 404 g/mol. The van der Waals surface area contributed by atoms with Gasteiger partial charge in [-0.2, -0.15) is 0 Å². The van der Waals surface area contributed by atoms with E-state index in [2.05, 4.69) is 4.98 Å². The summed E-state index contributed by atoms with van der Waals surface area (Å²) in [5, 5.41) is 9.40. The zero-order valence-corrected chi connectivity index (χ0v) is 15.4. The summed E-state index contributed by atoms with van der Waals surface area (Å²) in [6, 6.07) is 7.22. The number of carbonyl (C=O) groups excluding carboxylic acids is 1. The molecule has 1 aromatic heterocycles. The van der Waals surface area contributed by atoms with Crippen LogP contribution in [-0.2, 0) is 16.1 Å². The smallest absolute Gasteiger partial charge is 0.307 e. The quantitative estimate of drug-likeness (QED) is 0.718. The number of aliphatic carboxylic acids is 1. The molecule has 3 aromatic rings. The molecule has 1 aliphatic rings. The van der Waals surface area contributed by atoms with Gasteiger partial charge in [0.2, 0.25) is 0 Å². The van der Waals surface area contributed by atoms with Gasteiger partial charge in [0, 0.05) is 0 Å². The molecule has 1 unspecified atom stereocenters. The Labute approximate surface area is 162 Å². The van der Waals surface area contributed by atoms with Crippen molar-refractivity contribution in [2.24, 2.45) is 0 Å². The van der Waals surface area contributed by atoms with E-state index in [-0.39, 0.29) is 16.8 Å². The SMILES string of the molecule is Cc1ccc2c(c1)OC(CC(=O)O)C(=O)N2Cc1nc2c(F)ccc(F)c2s1. The van der Waals surface area contributed by atoms with E-state index in [0.29, 0.717) is 16.4 Å². The van der Waals surface area contributed by atoms with Crippen LogP contribution in [0.1, 0.15) is 17.0 Å². The number of anilines is 1. The summed E-state index contributed by atoms with van der Waals surface area (Å²) >= 11 is 0.950. The summed E-state index contributed by atoms with van der Waals surface area (Å²) < 4.78 is 33.6. The highest BCUT2D eigenvalue weighted by atomic mass is 32.1. The Morgan fingerprint density at radius 3 is 2.75 bits per heavy atom. The van der Waals surface area contributed by atoms with Gasteiger partial charge in [-0.05, 0) is 36.8 Å². The van der Waals surface area contributed by atoms with Gasteiger partial charge < -0.3 is 9.84 Å². The van der Waals surface area contributed by atoms with Gasteiger partial charge in [0.25, 0.3) is 5.91 Å². The molecule has 0 saturated heterocycles. The summed E-state index contributed by atoms with van der Waals surface area (Å²) in [5.74, 6) is -2.57. The monoisotopic (exact) mass is 404 g/mol. The molecule has 9 heteroatoms. The second kappa shape index (κ2) is 6.83. The molecular weight excluding hydrogens is 390 g/mol. The average Bonchev–Trinajstić information content (AvgIpc) is 3.06. The molecule has 0 radical (unpaired) electrons. The van der Waals surface area contributed by atoms with Gasteiger partial charge >= 0.3 is 5.97 Å². The molecule has 1 amide bonds. The van der Waals surface area contributed by atoms with E-state index in [1.807, 2.05) is 6.92 Å². The number of carbonyl (C=O) groups is 2. The first-order chi connectivity index (χ1) is 13.3. The lowest BCUT2D eigenvalue weighted by molar-refractivity contribution is -0.142. The molecule has 0 spiro atoms.